The SMILES string of the molecule is CCc1nc2ccc(C(=O)O)cc2n1CCNC(C)=O. The molecule has 0 unspecified atom stereocenters. The number of rotatable bonds is 5. The van der Waals surface area contributed by atoms with Crippen LogP contribution in [0, 0.1) is 0 Å². The van der Waals surface area contributed by atoms with Gasteiger partial charge in [-0.05, 0) is 18.2 Å². The maximum atomic E-state index is 11.0. The van der Waals surface area contributed by atoms with Crippen LogP contribution in [0.5, 0.6) is 0 Å². The van der Waals surface area contributed by atoms with Crippen LogP contribution in [-0.2, 0) is 17.8 Å². The van der Waals surface area contributed by atoms with Crippen molar-refractivity contribution in [1.82, 2.24) is 14.9 Å². The van der Waals surface area contributed by atoms with E-state index in [2.05, 4.69) is 10.3 Å². The molecule has 1 heterocycles. The number of nitrogens with one attached hydrogen (secondary N) is 1. The molecule has 1 aromatic heterocycles. The lowest BCUT2D eigenvalue weighted by Gasteiger charge is -2.08. The molecule has 1 amide bonds. The van der Waals surface area contributed by atoms with Gasteiger partial charge in [0.2, 0.25) is 5.91 Å². The van der Waals surface area contributed by atoms with Crippen LogP contribution in [0.2, 0.25) is 0 Å². The summed E-state index contributed by atoms with van der Waals surface area (Å²) in [5, 5.41) is 11.8. The maximum absolute atomic E-state index is 11.0. The van der Waals surface area contributed by atoms with Crippen molar-refractivity contribution in [1.29, 1.82) is 0 Å². The Bertz CT molecular complexity index is 661. The van der Waals surface area contributed by atoms with E-state index in [1.54, 1.807) is 18.2 Å². The van der Waals surface area contributed by atoms with Gasteiger partial charge in [-0.25, -0.2) is 9.78 Å². The Balaban J connectivity index is 2.40. The van der Waals surface area contributed by atoms with Crippen molar-refractivity contribution >= 4 is 22.9 Å². The molecule has 106 valence electrons. The second kappa shape index (κ2) is 5.73. The highest BCUT2D eigenvalue weighted by Crippen LogP contribution is 2.18. The van der Waals surface area contributed by atoms with Crippen LogP contribution in [0.3, 0.4) is 0 Å². The van der Waals surface area contributed by atoms with Gasteiger partial charge in [-0.3, -0.25) is 4.79 Å². The number of hydrogen-bond donors (Lipinski definition) is 2. The molecule has 0 fully saturated rings. The molecular formula is C14H17N3O3. The number of benzene rings is 1. The highest BCUT2D eigenvalue weighted by Gasteiger charge is 2.12. The van der Waals surface area contributed by atoms with Crippen molar-refractivity contribution in [3.8, 4) is 0 Å². The van der Waals surface area contributed by atoms with Crippen molar-refractivity contribution in [2.75, 3.05) is 6.54 Å². The quantitative estimate of drug-likeness (QED) is 0.864. The van der Waals surface area contributed by atoms with E-state index in [1.165, 1.54) is 6.92 Å². The highest BCUT2D eigenvalue weighted by atomic mass is 16.4. The van der Waals surface area contributed by atoms with Gasteiger partial charge in [0.05, 0.1) is 16.6 Å². The third-order valence-corrected chi connectivity index (χ3v) is 3.10. The van der Waals surface area contributed by atoms with E-state index in [0.29, 0.717) is 13.1 Å². The third kappa shape index (κ3) is 2.79. The number of nitrogens with zero attached hydrogens (tertiary/aromatic N) is 2. The van der Waals surface area contributed by atoms with E-state index in [9.17, 15) is 9.59 Å². The number of carbonyl (C=O) groups excluding carboxylic acids is 1. The topological polar surface area (TPSA) is 84.2 Å². The zero-order chi connectivity index (χ0) is 14.7. The molecule has 20 heavy (non-hydrogen) atoms. The van der Waals surface area contributed by atoms with Crippen LogP contribution in [0.4, 0.5) is 0 Å². The van der Waals surface area contributed by atoms with Crippen LogP contribution in [0.1, 0.15) is 30.0 Å². The van der Waals surface area contributed by atoms with E-state index in [0.717, 1.165) is 23.3 Å². The number of carboxylic acid groups (broad SMARTS) is 1. The van der Waals surface area contributed by atoms with Gasteiger partial charge in [-0.1, -0.05) is 6.92 Å². The standard InChI is InChI=1S/C14H17N3O3/c1-3-13-16-11-5-4-10(14(19)20)8-12(11)17(13)7-6-15-9(2)18/h4-5,8H,3,6-7H2,1-2H3,(H,15,18)(H,19,20). The predicted molar refractivity (Wildman–Crippen MR) is 74.8 cm³/mol. The van der Waals surface area contributed by atoms with Crippen molar-refractivity contribution in [3.05, 3.63) is 29.6 Å². The number of aromatic carboxylic acids is 1. The summed E-state index contributed by atoms with van der Waals surface area (Å²) in [6, 6.07) is 4.89. The Kier molecular flexibility index (Phi) is 4.02. The number of aromatic nitrogens is 2. The summed E-state index contributed by atoms with van der Waals surface area (Å²) in [7, 11) is 0. The number of amides is 1. The minimum Gasteiger partial charge on any atom is -0.478 e. The van der Waals surface area contributed by atoms with Crippen molar-refractivity contribution in [2.24, 2.45) is 0 Å². The second-order valence-corrected chi connectivity index (χ2v) is 4.52. The molecule has 0 bridgehead atoms. The fourth-order valence-corrected chi connectivity index (χ4v) is 2.17. The van der Waals surface area contributed by atoms with Crippen LogP contribution in [0.25, 0.3) is 11.0 Å². The van der Waals surface area contributed by atoms with Gasteiger partial charge in [-0.15, -0.1) is 0 Å². The first kappa shape index (κ1) is 14.0. The molecule has 2 N–H and O–H groups in total. The van der Waals surface area contributed by atoms with Crippen molar-refractivity contribution in [2.45, 2.75) is 26.8 Å². The number of carbonyl (C=O) groups is 2. The third-order valence-electron chi connectivity index (χ3n) is 3.10. The Morgan fingerprint density at radius 1 is 1.40 bits per heavy atom. The number of hydrogen-bond acceptors (Lipinski definition) is 3. The summed E-state index contributed by atoms with van der Waals surface area (Å²) in [4.78, 5) is 26.5. The molecule has 0 atom stereocenters. The first-order valence-electron chi connectivity index (χ1n) is 6.49. The summed E-state index contributed by atoms with van der Waals surface area (Å²) in [5.41, 5.74) is 1.79. The number of carboxylic acids is 1. The Hall–Kier alpha value is -2.37. The molecule has 6 heteroatoms. The van der Waals surface area contributed by atoms with Crippen LogP contribution in [0.15, 0.2) is 18.2 Å². The molecule has 0 aliphatic carbocycles. The summed E-state index contributed by atoms with van der Waals surface area (Å²) < 4.78 is 1.96. The summed E-state index contributed by atoms with van der Waals surface area (Å²) in [5.74, 6) is -0.161. The lowest BCUT2D eigenvalue weighted by molar-refractivity contribution is -0.118. The van der Waals surface area contributed by atoms with Gasteiger partial charge in [0, 0.05) is 26.4 Å². The summed E-state index contributed by atoms with van der Waals surface area (Å²) in [6.07, 6.45) is 0.747. The number of imidazole rings is 1. The fraction of sp³-hybridized carbons (Fsp3) is 0.357. The maximum Gasteiger partial charge on any atom is 0.335 e. The number of fused-ring (bicyclic) bond motifs is 1. The molecule has 2 aromatic rings. The molecule has 0 radical (unpaired) electrons. The molecule has 2 rings (SSSR count). The average molecular weight is 275 g/mol. The second-order valence-electron chi connectivity index (χ2n) is 4.52. The van der Waals surface area contributed by atoms with Crippen LogP contribution < -0.4 is 5.32 Å². The molecule has 1 aromatic carbocycles. The van der Waals surface area contributed by atoms with Gasteiger partial charge < -0.3 is 15.0 Å². The van der Waals surface area contributed by atoms with Crippen LogP contribution >= 0.6 is 0 Å². The predicted octanol–water partition coefficient (Wildman–Crippen LogP) is 1.43. The molecule has 0 spiro atoms. The van der Waals surface area contributed by atoms with E-state index in [1.807, 2.05) is 11.5 Å². The first-order valence-corrected chi connectivity index (χ1v) is 6.49. The molecule has 6 nitrogen and oxygen atoms in total. The van der Waals surface area contributed by atoms with Gasteiger partial charge in [-0.2, -0.15) is 0 Å². The monoisotopic (exact) mass is 275 g/mol. The van der Waals surface area contributed by atoms with E-state index < -0.39 is 5.97 Å². The fourth-order valence-electron chi connectivity index (χ4n) is 2.17. The molecular weight excluding hydrogens is 258 g/mol. The Morgan fingerprint density at radius 3 is 2.75 bits per heavy atom. The highest BCUT2D eigenvalue weighted by molar-refractivity contribution is 5.92. The minimum absolute atomic E-state index is 0.0845. The molecule has 0 aliphatic rings. The first-order chi connectivity index (χ1) is 9.52. The molecule has 0 aliphatic heterocycles. The van der Waals surface area contributed by atoms with Gasteiger partial charge in [0.25, 0.3) is 0 Å². The van der Waals surface area contributed by atoms with E-state index in [4.69, 9.17) is 5.11 Å². The zero-order valence-electron chi connectivity index (χ0n) is 11.5. The number of aryl methyl sites for hydroxylation is 1. The summed E-state index contributed by atoms with van der Waals surface area (Å²) in [6.45, 7) is 4.52. The van der Waals surface area contributed by atoms with Gasteiger partial charge in [0.15, 0.2) is 0 Å². The van der Waals surface area contributed by atoms with E-state index >= 15 is 0 Å². The van der Waals surface area contributed by atoms with Crippen molar-refractivity contribution in [3.63, 3.8) is 0 Å². The molecule has 0 saturated carbocycles. The molecule has 0 saturated heterocycles. The lowest BCUT2D eigenvalue weighted by atomic mass is 10.2. The average Bonchev–Trinajstić information content (AvgIpc) is 2.75. The van der Waals surface area contributed by atoms with Gasteiger partial charge in [0.1, 0.15) is 5.82 Å². The lowest BCUT2D eigenvalue weighted by Crippen LogP contribution is -2.25. The zero-order valence-corrected chi connectivity index (χ0v) is 11.5. The van der Waals surface area contributed by atoms with Crippen LogP contribution in [-0.4, -0.2) is 33.1 Å². The smallest absolute Gasteiger partial charge is 0.335 e. The Morgan fingerprint density at radius 2 is 2.15 bits per heavy atom. The normalized spacial score (nSPS) is 10.7. The largest absolute Gasteiger partial charge is 0.478 e. The van der Waals surface area contributed by atoms with Gasteiger partial charge >= 0.3 is 5.97 Å². The summed E-state index contributed by atoms with van der Waals surface area (Å²) >= 11 is 0. The van der Waals surface area contributed by atoms with E-state index in [-0.39, 0.29) is 11.5 Å². The Labute approximate surface area is 116 Å². The van der Waals surface area contributed by atoms with Crippen molar-refractivity contribution < 1.29 is 14.7 Å². The minimum atomic E-state index is -0.959.